The first-order valence-corrected chi connectivity index (χ1v) is 8.22. The molecule has 0 bridgehead atoms. The second-order valence-electron chi connectivity index (χ2n) is 5.50. The number of nitrogens with zero attached hydrogens (tertiary/aromatic N) is 1. The van der Waals surface area contributed by atoms with E-state index in [1.807, 2.05) is 0 Å². The van der Waals surface area contributed by atoms with E-state index in [1.54, 1.807) is 0 Å². The summed E-state index contributed by atoms with van der Waals surface area (Å²) in [6.45, 7) is 10.1. The number of hydrogen-bond acceptors (Lipinski definition) is 2. The summed E-state index contributed by atoms with van der Waals surface area (Å²) in [5.74, 6) is 0.868. The Morgan fingerprint density at radius 1 is 1.42 bits per heavy atom. The fourth-order valence-electron chi connectivity index (χ4n) is 2.86. The van der Waals surface area contributed by atoms with Crippen molar-refractivity contribution in [3.63, 3.8) is 0 Å². The van der Waals surface area contributed by atoms with Gasteiger partial charge in [-0.3, -0.25) is 0 Å². The molecule has 106 valence electrons. The third kappa shape index (κ3) is 3.51. The first-order valence-electron chi connectivity index (χ1n) is 7.43. The standard InChI is InChI=1S/C16H25BrN2/c1-4-13-8-9-19(11-13)16-7-6-14(10-15(16)17)12(3)18-5-2/h6-7,10,12-13,18H,4-5,8-9,11H2,1-3H3. The van der Waals surface area contributed by atoms with Gasteiger partial charge in [-0.25, -0.2) is 0 Å². The molecule has 3 heteroatoms. The summed E-state index contributed by atoms with van der Waals surface area (Å²) in [5, 5.41) is 3.46. The van der Waals surface area contributed by atoms with Crippen molar-refractivity contribution in [2.24, 2.45) is 5.92 Å². The van der Waals surface area contributed by atoms with Gasteiger partial charge in [0.25, 0.3) is 0 Å². The second-order valence-corrected chi connectivity index (χ2v) is 6.35. The number of benzene rings is 1. The van der Waals surface area contributed by atoms with Gasteiger partial charge in [0.15, 0.2) is 0 Å². The van der Waals surface area contributed by atoms with Crippen molar-refractivity contribution in [2.45, 2.75) is 39.7 Å². The number of anilines is 1. The van der Waals surface area contributed by atoms with Gasteiger partial charge in [0.2, 0.25) is 0 Å². The van der Waals surface area contributed by atoms with Gasteiger partial charge >= 0.3 is 0 Å². The highest BCUT2D eigenvalue weighted by Gasteiger charge is 2.22. The van der Waals surface area contributed by atoms with Crippen LogP contribution in [0.5, 0.6) is 0 Å². The zero-order valence-electron chi connectivity index (χ0n) is 12.2. The zero-order valence-corrected chi connectivity index (χ0v) is 13.8. The van der Waals surface area contributed by atoms with Gasteiger partial charge in [-0.15, -0.1) is 0 Å². The SMILES string of the molecule is CCNC(C)c1ccc(N2CCC(CC)C2)c(Br)c1. The maximum atomic E-state index is 3.75. The lowest BCUT2D eigenvalue weighted by molar-refractivity contribution is 0.569. The molecule has 2 unspecified atom stereocenters. The fraction of sp³-hybridized carbons (Fsp3) is 0.625. The van der Waals surface area contributed by atoms with Crippen LogP contribution < -0.4 is 10.2 Å². The van der Waals surface area contributed by atoms with E-state index in [0.717, 1.165) is 12.5 Å². The van der Waals surface area contributed by atoms with Gasteiger partial charge in [0, 0.05) is 23.6 Å². The van der Waals surface area contributed by atoms with Crippen molar-refractivity contribution in [3.05, 3.63) is 28.2 Å². The van der Waals surface area contributed by atoms with E-state index in [-0.39, 0.29) is 0 Å². The van der Waals surface area contributed by atoms with Crippen molar-refractivity contribution >= 4 is 21.6 Å². The topological polar surface area (TPSA) is 15.3 Å². The third-order valence-corrected chi connectivity index (χ3v) is 4.82. The highest BCUT2D eigenvalue weighted by atomic mass is 79.9. The molecule has 2 nitrogen and oxygen atoms in total. The first kappa shape index (κ1) is 14.9. The smallest absolute Gasteiger partial charge is 0.0510 e. The van der Waals surface area contributed by atoms with Crippen molar-refractivity contribution in [3.8, 4) is 0 Å². The highest BCUT2D eigenvalue weighted by Crippen LogP contribution is 2.33. The number of rotatable bonds is 5. The Hall–Kier alpha value is -0.540. The molecule has 0 aliphatic carbocycles. The van der Waals surface area contributed by atoms with E-state index in [9.17, 15) is 0 Å². The molecule has 1 heterocycles. The lowest BCUT2D eigenvalue weighted by atomic mass is 10.1. The average Bonchev–Trinajstić information content (AvgIpc) is 2.87. The largest absolute Gasteiger partial charge is 0.370 e. The Balaban J connectivity index is 2.11. The molecule has 1 aromatic carbocycles. The Kier molecular flexibility index (Phi) is 5.28. The molecular formula is C16H25BrN2. The van der Waals surface area contributed by atoms with Gasteiger partial charge in [-0.1, -0.05) is 26.3 Å². The summed E-state index contributed by atoms with van der Waals surface area (Å²) in [4.78, 5) is 2.51. The average molecular weight is 325 g/mol. The van der Waals surface area contributed by atoms with Crippen LogP contribution in [0.2, 0.25) is 0 Å². The van der Waals surface area contributed by atoms with E-state index in [4.69, 9.17) is 0 Å². The Bertz CT molecular complexity index is 419. The number of nitrogens with one attached hydrogen (secondary N) is 1. The predicted molar refractivity (Wildman–Crippen MR) is 86.8 cm³/mol. The monoisotopic (exact) mass is 324 g/mol. The molecular weight excluding hydrogens is 300 g/mol. The third-order valence-electron chi connectivity index (χ3n) is 4.19. The molecule has 1 fully saturated rings. The van der Waals surface area contributed by atoms with Gasteiger partial charge in [0.1, 0.15) is 0 Å². The summed E-state index contributed by atoms with van der Waals surface area (Å²) in [6.07, 6.45) is 2.63. The van der Waals surface area contributed by atoms with Crippen LogP contribution in [-0.2, 0) is 0 Å². The summed E-state index contributed by atoms with van der Waals surface area (Å²) < 4.78 is 1.23. The number of halogens is 1. The highest BCUT2D eigenvalue weighted by molar-refractivity contribution is 9.10. The molecule has 1 aromatic rings. The maximum Gasteiger partial charge on any atom is 0.0510 e. The van der Waals surface area contributed by atoms with E-state index in [0.29, 0.717) is 6.04 Å². The maximum absolute atomic E-state index is 3.75. The molecule has 1 aliphatic heterocycles. The van der Waals surface area contributed by atoms with Crippen LogP contribution in [0, 0.1) is 5.92 Å². The molecule has 0 saturated carbocycles. The molecule has 0 radical (unpaired) electrons. The van der Waals surface area contributed by atoms with Crippen molar-refractivity contribution in [1.29, 1.82) is 0 Å². The Morgan fingerprint density at radius 3 is 2.79 bits per heavy atom. The van der Waals surface area contributed by atoms with Crippen LogP contribution in [0.1, 0.15) is 45.2 Å². The lowest BCUT2D eigenvalue weighted by Gasteiger charge is -2.22. The summed E-state index contributed by atoms with van der Waals surface area (Å²) in [6, 6.07) is 7.21. The second kappa shape index (κ2) is 6.76. The molecule has 2 atom stereocenters. The van der Waals surface area contributed by atoms with E-state index >= 15 is 0 Å². The fourth-order valence-corrected chi connectivity index (χ4v) is 3.50. The van der Waals surface area contributed by atoms with E-state index in [2.05, 4.69) is 65.1 Å². The number of hydrogen-bond donors (Lipinski definition) is 1. The van der Waals surface area contributed by atoms with E-state index in [1.165, 1.54) is 41.7 Å². The molecule has 1 saturated heterocycles. The molecule has 0 aromatic heterocycles. The van der Waals surface area contributed by atoms with Crippen molar-refractivity contribution < 1.29 is 0 Å². The molecule has 1 N–H and O–H groups in total. The Labute approximate surface area is 125 Å². The minimum absolute atomic E-state index is 0.414. The Morgan fingerprint density at radius 2 is 2.21 bits per heavy atom. The van der Waals surface area contributed by atoms with E-state index < -0.39 is 0 Å². The van der Waals surface area contributed by atoms with Crippen LogP contribution in [0.15, 0.2) is 22.7 Å². The van der Waals surface area contributed by atoms with Gasteiger partial charge in [0.05, 0.1) is 5.69 Å². The molecule has 19 heavy (non-hydrogen) atoms. The zero-order chi connectivity index (χ0) is 13.8. The summed E-state index contributed by atoms with van der Waals surface area (Å²) in [5.41, 5.74) is 2.70. The van der Waals surface area contributed by atoms with Gasteiger partial charge in [-0.2, -0.15) is 0 Å². The molecule has 0 spiro atoms. The summed E-state index contributed by atoms with van der Waals surface area (Å²) in [7, 11) is 0. The minimum Gasteiger partial charge on any atom is -0.370 e. The van der Waals surface area contributed by atoms with Crippen LogP contribution in [0.3, 0.4) is 0 Å². The van der Waals surface area contributed by atoms with Crippen LogP contribution in [0.25, 0.3) is 0 Å². The van der Waals surface area contributed by atoms with Crippen molar-refractivity contribution in [1.82, 2.24) is 5.32 Å². The lowest BCUT2D eigenvalue weighted by Crippen LogP contribution is -2.21. The quantitative estimate of drug-likeness (QED) is 0.865. The minimum atomic E-state index is 0.414. The molecule has 1 aliphatic rings. The van der Waals surface area contributed by atoms with Gasteiger partial charge in [-0.05, 0) is 59.4 Å². The van der Waals surface area contributed by atoms with Crippen molar-refractivity contribution in [2.75, 3.05) is 24.5 Å². The predicted octanol–water partition coefficient (Wildman–Crippen LogP) is 4.36. The molecule has 2 rings (SSSR count). The summed E-state index contributed by atoms with van der Waals surface area (Å²) >= 11 is 3.75. The van der Waals surface area contributed by atoms with Crippen LogP contribution in [-0.4, -0.2) is 19.6 Å². The molecule has 0 amide bonds. The first-order chi connectivity index (χ1) is 9.15. The van der Waals surface area contributed by atoms with Crippen LogP contribution >= 0.6 is 15.9 Å². The normalized spacial score (nSPS) is 20.8. The van der Waals surface area contributed by atoms with Gasteiger partial charge < -0.3 is 10.2 Å². The van der Waals surface area contributed by atoms with Crippen LogP contribution in [0.4, 0.5) is 5.69 Å².